The number of halogens is 4. The standard InChI is InChI=1S/C49H56F4O14S.C18H15S.12CH4/c1-8-46(4,44(59)67-49(7)29-16-25-15-26(18-29)19-30(49)17-25)23-48(6,43(58)65-33-13-14-63-40(33)55)24-47(5,42(57)64-32-12-10-27-20-31(54)11-9-28(27)21-32)22-45(2,3)41(56)66-38-34(50)36(52)39(68(60,61)62)37(53)35(38)51;1-4-10-16(11-5-1)19(17-12-6-2-7-13-17)18-14-8-3-9-15-18;;;;;;;;;;;;/h9-12,20-21,25-26,29-30,33,54H,8,13-19,22-24H2,1-7H3,(H,60,61,62);1-15H;12*1H4/q;+1;;;;;;;;;;;;/p-1. The number of benzene rings is 6. The summed E-state index contributed by atoms with van der Waals surface area (Å²) in [4.78, 5) is 72.7. The minimum absolute atomic E-state index is 0. The van der Waals surface area contributed by atoms with E-state index in [1.54, 1.807) is 26.0 Å². The summed E-state index contributed by atoms with van der Waals surface area (Å²) in [6, 6.07) is 41.0. The number of aromatic hydroxyl groups is 1. The Morgan fingerprint density at radius 1 is 0.566 bits per heavy atom. The molecular formula is C79H118F4O14S2. The SMILES string of the molecule is C.C.C.C.C.C.C.C.C.C.C.C.CCC(C)(CC(C)(CC(C)(CC(C)(C)C(=O)Oc1c(F)c(F)c(S(=O)(=O)[O-])c(F)c1F)C(=O)Oc1ccc2cc(O)ccc2c1)C(=O)OC1CCOC1=O)C(=O)OC1(C)C2CC3CC(C2)CC1C3.c1ccc([S+](c2ccccc2)c2ccccc2)cc1. The molecule has 4 atom stereocenters. The van der Waals surface area contributed by atoms with Gasteiger partial charge < -0.3 is 33.3 Å². The van der Waals surface area contributed by atoms with E-state index in [1.165, 1.54) is 52.8 Å². The summed E-state index contributed by atoms with van der Waals surface area (Å²) in [6.45, 7) is 10.3. The molecule has 0 amide bonds. The van der Waals surface area contributed by atoms with Gasteiger partial charge >= 0.3 is 29.8 Å². The third-order valence-corrected chi connectivity index (χ3v) is 21.1. The molecule has 11 rings (SSSR count). The molecule has 6 aromatic rings. The van der Waals surface area contributed by atoms with Crippen molar-refractivity contribution in [1.29, 1.82) is 0 Å². The molecule has 0 radical (unpaired) electrons. The van der Waals surface area contributed by atoms with Crippen molar-refractivity contribution >= 4 is 61.6 Å². The van der Waals surface area contributed by atoms with Gasteiger partial charge in [-0.25, -0.2) is 22.0 Å². The maximum absolute atomic E-state index is 15.2. The van der Waals surface area contributed by atoms with E-state index in [9.17, 15) is 50.8 Å². The molecule has 1 aliphatic heterocycles. The van der Waals surface area contributed by atoms with E-state index in [0.29, 0.717) is 22.6 Å². The van der Waals surface area contributed by atoms with E-state index in [0.717, 1.165) is 46.0 Å². The molecule has 4 unspecified atom stereocenters. The number of carbonyl (C=O) groups excluding carboxylic acids is 5. The summed E-state index contributed by atoms with van der Waals surface area (Å²) in [6.07, 6.45) is 1.99. The first kappa shape index (κ1) is 98.1. The molecule has 5 aliphatic rings. The highest BCUT2D eigenvalue weighted by Crippen LogP contribution is 2.60. The molecule has 558 valence electrons. The second-order valence-electron chi connectivity index (χ2n) is 25.3. The van der Waals surface area contributed by atoms with Crippen molar-refractivity contribution in [2.45, 2.75) is 233 Å². The Balaban J connectivity index is -0.00000126. The van der Waals surface area contributed by atoms with Gasteiger partial charge in [0.15, 0.2) is 26.3 Å². The van der Waals surface area contributed by atoms with Gasteiger partial charge in [0.1, 0.15) is 32.1 Å². The number of hydrogen-bond acceptors (Lipinski definition) is 14. The van der Waals surface area contributed by atoms with Gasteiger partial charge in [0.25, 0.3) is 0 Å². The third-order valence-electron chi connectivity index (χ3n) is 18.0. The molecule has 14 nitrogen and oxygen atoms in total. The first-order valence-electron chi connectivity index (χ1n) is 29.0. The number of rotatable bonds is 19. The van der Waals surface area contributed by atoms with Crippen LogP contribution in [-0.4, -0.2) is 66.2 Å². The van der Waals surface area contributed by atoms with Crippen LogP contribution in [0.5, 0.6) is 17.2 Å². The molecule has 4 saturated carbocycles. The molecule has 6 aromatic carbocycles. The predicted molar refractivity (Wildman–Crippen MR) is 393 cm³/mol. The Morgan fingerprint density at radius 2 is 0.990 bits per heavy atom. The zero-order chi connectivity index (χ0) is 63.0. The Morgan fingerprint density at radius 3 is 1.41 bits per heavy atom. The highest BCUT2D eigenvalue weighted by molar-refractivity contribution is 7.97. The first-order chi connectivity index (χ1) is 41.0. The van der Waals surface area contributed by atoms with Crippen LogP contribution in [0, 0.1) is 68.6 Å². The molecule has 1 N–H and O–H groups in total. The fraction of sp³-hybridized carbons (Fsp3) is 0.506. The van der Waals surface area contributed by atoms with Crippen molar-refractivity contribution < 1.29 is 83.3 Å². The summed E-state index contributed by atoms with van der Waals surface area (Å²) in [5.41, 5.74) is -8.32. The third kappa shape index (κ3) is 20.9. The number of phenolic OH excluding ortho intramolecular Hbond substituents is 1. The first-order valence-corrected chi connectivity index (χ1v) is 31.6. The molecule has 20 heteroatoms. The van der Waals surface area contributed by atoms with E-state index in [2.05, 4.69) is 91.0 Å². The number of fused-ring (bicyclic) bond motifs is 1. The van der Waals surface area contributed by atoms with Crippen molar-refractivity contribution in [3.63, 3.8) is 0 Å². The molecule has 5 fully saturated rings. The molecule has 4 aliphatic carbocycles. The van der Waals surface area contributed by atoms with Crippen LogP contribution in [0.25, 0.3) is 10.8 Å². The quantitative estimate of drug-likeness (QED) is 0.0152. The highest BCUT2D eigenvalue weighted by atomic mass is 32.2. The Hall–Kier alpha value is -7.29. The van der Waals surface area contributed by atoms with Crippen LogP contribution in [0.15, 0.2) is 147 Å². The fourth-order valence-corrected chi connectivity index (χ4v) is 16.4. The van der Waals surface area contributed by atoms with Gasteiger partial charge in [-0.05, 0) is 194 Å². The molecule has 0 spiro atoms. The normalized spacial score (nSPS) is 19.9. The van der Waals surface area contributed by atoms with Crippen molar-refractivity contribution in [2.24, 2.45) is 45.3 Å². The fourth-order valence-electron chi connectivity index (χ4n) is 13.7. The maximum atomic E-state index is 15.2. The number of cyclic esters (lactones) is 1. The van der Waals surface area contributed by atoms with Gasteiger partial charge in [-0.3, -0.25) is 19.2 Å². The van der Waals surface area contributed by atoms with E-state index >= 15 is 8.78 Å². The van der Waals surface area contributed by atoms with Crippen LogP contribution in [0.4, 0.5) is 17.6 Å². The van der Waals surface area contributed by atoms with E-state index < -0.39 is 120 Å². The second kappa shape index (κ2) is 38.5. The number of carbonyl (C=O) groups is 5. The lowest BCUT2D eigenvalue weighted by molar-refractivity contribution is -0.214. The predicted octanol–water partition coefficient (Wildman–Crippen LogP) is 21.2. The van der Waals surface area contributed by atoms with Gasteiger partial charge in [0, 0.05) is 6.42 Å². The van der Waals surface area contributed by atoms with E-state index in [-0.39, 0.29) is 149 Å². The lowest BCUT2D eigenvalue weighted by atomic mass is 9.50. The Kier molecular flexibility index (Phi) is 38.1. The van der Waals surface area contributed by atoms with Crippen LogP contribution >= 0.6 is 0 Å². The van der Waals surface area contributed by atoms with Gasteiger partial charge in [-0.15, -0.1) is 0 Å². The average molecular weight is 1430 g/mol. The Bertz CT molecular complexity index is 3550. The summed E-state index contributed by atoms with van der Waals surface area (Å²) in [5.74, 6) is -16.1. The van der Waals surface area contributed by atoms with Crippen LogP contribution in [0.3, 0.4) is 0 Å². The summed E-state index contributed by atoms with van der Waals surface area (Å²) >= 11 is 0. The molecular weight excluding hydrogens is 1310 g/mol. The molecule has 0 aromatic heterocycles. The number of ether oxygens (including phenoxy) is 5. The van der Waals surface area contributed by atoms with Gasteiger partial charge in [-0.1, -0.05) is 163 Å². The zero-order valence-electron chi connectivity index (χ0n) is 49.4. The Labute approximate surface area is 594 Å². The topological polar surface area (TPSA) is 209 Å². The number of phenols is 1. The van der Waals surface area contributed by atoms with Crippen LogP contribution < -0.4 is 9.47 Å². The maximum Gasteiger partial charge on any atom is 0.347 e. The van der Waals surface area contributed by atoms with Gasteiger partial charge in [0.05, 0.1) is 39.2 Å². The monoisotopic (exact) mass is 1430 g/mol. The van der Waals surface area contributed by atoms with Crippen LogP contribution in [0.2, 0.25) is 0 Å². The summed E-state index contributed by atoms with van der Waals surface area (Å²) < 4.78 is 123. The van der Waals surface area contributed by atoms with Crippen molar-refractivity contribution in [3.8, 4) is 17.2 Å². The lowest BCUT2D eigenvalue weighted by Crippen LogP contribution is -2.59. The highest BCUT2D eigenvalue weighted by Gasteiger charge is 2.60. The molecule has 4 bridgehead atoms. The van der Waals surface area contributed by atoms with Crippen LogP contribution in [0.1, 0.15) is 202 Å². The summed E-state index contributed by atoms with van der Waals surface area (Å²) in [5, 5.41) is 11.1. The van der Waals surface area contributed by atoms with Crippen molar-refractivity contribution in [3.05, 3.63) is 151 Å². The number of esters is 5. The van der Waals surface area contributed by atoms with Crippen molar-refractivity contribution in [1.82, 2.24) is 0 Å². The van der Waals surface area contributed by atoms with Crippen LogP contribution in [-0.2, 0) is 59.2 Å². The lowest BCUT2D eigenvalue weighted by Gasteiger charge is -2.59. The van der Waals surface area contributed by atoms with E-state index in [4.69, 9.17) is 23.7 Å². The minimum Gasteiger partial charge on any atom is -0.744 e. The van der Waals surface area contributed by atoms with Gasteiger partial charge in [-0.2, -0.15) is 8.78 Å². The zero-order valence-corrected chi connectivity index (χ0v) is 51.0. The van der Waals surface area contributed by atoms with Gasteiger partial charge in [0.2, 0.25) is 23.5 Å². The van der Waals surface area contributed by atoms with E-state index in [1.807, 2.05) is 6.92 Å². The molecule has 1 saturated heterocycles. The van der Waals surface area contributed by atoms with Crippen molar-refractivity contribution in [2.75, 3.05) is 6.61 Å². The summed E-state index contributed by atoms with van der Waals surface area (Å²) in [7, 11) is -6.12. The molecule has 1 heterocycles. The largest absolute Gasteiger partial charge is 0.744 e. The number of hydrogen-bond donors (Lipinski definition) is 1. The minimum atomic E-state index is -6.10. The average Bonchev–Trinajstić information content (AvgIpc) is 0.865. The molecule has 99 heavy (non-hydrogen) atoms. The second-order valence-corrected chi connectivity index (χ2v) is 28.6. The smallest absolute Gasteiger partial charge is 0.347 e.